The fourth-order valence-corrected chi connectivity index (χ4v) is 3.12. The second-order valence-electron chi connectivity index (χ2n) is 5.68. The first kappa shape index (κ1) is 19.4. The lowest BCUT2D eigenvalue weighted by atomic mass is 10.2. The predicted molar refractivity (Wildman–Crippen MR) is 109 cm³/mol. The molecule has 1 aromatic carbocycles. The van der Waals surface area contributed by atoms with Crippen LogP contribution in [0.4, 0.5) is 5.82 Å². The van der Waals surface area contributed by atoms with Crippen LogP contribution in [0.1, 0.15) is 20.9 Å². The number of thiophene rings is 1. The molecule has 0 saturated heterocycles. The van der Waals surface area contributed by atoms with Crippen molar-refractivity contribution in [2.45, 2.75) is 6.54 Å². The second-order valence-corrected chi connectivity index (χ2v) is 6.81. The Morgan fingerprint density at radius 1 is 1.18 bits per heavy atom. The Morgan fingerprint density at radius 3 is 2.75 bits per heavy atom. The number of hydrogen-bond acceptors (Lipinski definition) is 6. The molecule has 0 atom stereocenters. The minimum atomic E-state index is -0.291. The molecule has 3 N–H and O–H groups in total. The Hall–Kier alpha value is -3.34. The average molecular weight is 393 g/mol. The Balaban J connectivity index is 1.58. The molecule has 28 heavy (non-hydrogen) atoms. The number of methoxy groups -OCH3 is 1. The van der Waals surface area contributed by atoms with E-state index in [0.717, 1.165) is 15.7 Å². The Kier molecular flexibility index (Phi) is 6.63. The van der Waals surface area contributed by atoms with Gasteiger partial charge in [-0.3, -0.25) is 4.79 Å². The number of carbonyl (C=O) groups excluding carboxylic acids is 1. The van der Waals surface area contributed by atoms with Crippen molar-refractivity contribution >= 4 is 23.1 Å². The molecule has 142 valence electrons. The van der Waals surface area contributed by atoms with E-state index in [9.17, 15) is 4.79 Å². The van der Waals surface area contributed by atoms with Crippen LogP contribution in [0.3, 0.4) is 0 Å². The maximum atomic E-state index is 12.4. The van der Waals surface area contributed by atoms with Gasteiger partial charge in [0.1, 0.15) is 23.9 Å². The Bertz CT molecular complexity index is 1010. The van der Waals surface area contributed by atoms with Crippen molar-refractivity contribution in [1.82, 2.24) is 10.3 Å². The molecule has 0 unspecified atom stereocenters. The van der Waals surface area contributed by atoms with Gasteiger partial charge in [0.25, 0.3) is 5.91 Å². The third-order valence-electron chi connectivity index (χ3n) is 3.62. The van der Waals surface area contributed by atoms with Crippen LogP contribution in [0, 0.1) is 11.8 Å². The normalized spacial score (nSPS) is 10.0. The zero-order valence-corrected chi connectivity index (χ0v) is 16.1. The van der Waals surface area contributed by atoms with E-state index < -0.39 is 0 Å². The molecule has 0 saturated carbocycles. The summed E-state index contributed by atoms with van der Waals surface area (Å²) in [6.45, 7) is 0.678. The summed E-state index contributed by atoms with van der Waals surface area (Å²) in [7, 11) is 1.56. The fraction of sp³-hybridized carbons (Fsp3) is 0.143. The summed E-state index contributed by atoms with van der Waals surface area (Å²) >= 11 is 1.47. The highest BCUT2D eigenvalue weighted by Gasteiger charge is 2.12. The van der Waals surface area contributed by atoms with E-state index >= 15 is 0 Å². The SMILES string of the molecule is COCC#Cc1ccc(C(=O)NCc2ccc(Oc3ccccc3)s2)c(N)n1. The molecule has 3 aromatic rings. The topological polar surface area (TPSA) is 86.5 Å². The van der Waals surface area contributed by atoms with Crippen LogP contribution in [0.2, 0.25) is 0 Å². The van der Waals surface area contributed by atoms with Gasteiger partial charge in [0.05, 0.1) is 12.1 Å². The van der Waals surface area contributed by atoms with Crippen LogP contribution in [0.5, 0.6) is 10.8 Å². The van der Waals surface area contributed by atoms with Crippen molar-refractivity contribution < 1.29 is 14.3 Å². The van der Waals surface area contributed by atoms with Gasteiger partial charge in [-0.2, -0.15) is 0 Å². The van der Waals surface area contributed by atoms with Crippen molar-refractivity contribution in [3.8, 4) is 22.7 Å². The monoisotopic (exact) mass is 393 g/mol. The number of carbonyl (C=O) groups is 1. The molecule has 0 aliphatic carbocycles. The van der Waals surface area contributed by atoms with Gasteiger partial charge in [-0.15, -0.1) is 11.3 Å². The zero-order chi connectivity index (χ0) is 19.8. The van der Waals surface area contributed by atoms with Crippen molar-refractivity contribution in [3.63, 3.8) is 0 Å². The van der Waals surface area contributed by atoms with E-state index in [1.54, 1.807) is 19.2 Å². The van der Waals surface area contributed by atoms with E-state index in [0.29, 0.717) is 24.4 Å². The standard InChI is InChI=1S/C21H19N3O3S/c1-26-13-5-6-15-9-11-18(20(22)24-15)21(25)23-14-17-10-12-19(28-17)27-16-7-3-2-4-8-16/h2-4,7-12H,13-14H2,1H3,(H2,22,24)(H,23,25). The smallest absolute Gasteiger partial charge is 0.255 e. The highest BCUT2D eigenvalue weighted by atomic mass is 32.1. The summed E-state index contributed by atoms with van der Waals surface area (Å²) in [5.41, 5.74) is 6.70. The van der Waals surface area contributed by atoms with Crippen LogP contribution in [0.25, 0.3) is 0 Å². The molecule has 1 amide bonds. The van der Waals surface area contributed by atoms with Gasteiger partial charge in [0, 0.05) is 12.0 Å². The minimum Gasteiger partial charge on any atom is -0.447 e. The van der Waals surface area contributed by atoms with Gasteiger partial charge in [0.2, 0.25) is 0 Å². The molecule has 3 rings (SSSR count). The van der Waals surface area contributed by atoms with Gasteiger partial charge in [-0.25, -0.2) is 4.98 Å². The summed E-state index contributed by atoms with van der Waals surface area (Å²) in [6.07, 6.45) is 0. The summed E-state index contributed by atoms with van der Waals surface area (Å²) in [5.74, 6) is 6.23. The van der Waals surface area contributed by atoms with Crippen LogP contribution in [0.15, 0.2) is 54.6 Å². The summed E-state index contributed by atoms with van der Waals surface area (Å²) in [4.78, 5) is 17.5. The minimum absolute atomic E-state index is 0.140. The zero-order valence-electron chi connectivity index (χ0n) is 15.3. The first-order valence-electron chi connectivity index (χ1n) is 8.50. The van der Waals surface area contributed by atoms with Crippen LogP contribution >= 0.6 is 11.3 Å². The molecule has 0 fully saturated rings. The number of ether oxygens (including phenoxy) is 2. The number of para-hydroxylation sites is 1. The number of aromatic nitrogens is 1. The molecule has 0 bridgehead atoms. The number of nitrogen functional groups attached to an aromatic ring is 1. The molecular formula is C21H19N3O3S. The van der Waals surface area contributed by atoms with Crippen molar-refractivity contribution in [2.24, 2.45) is 0 Å². The van der Waals surface area contributed by atoms with E-state index in [1.807, 2.05) is 42.5 Å². The summed E-state index contributed by atoms with van der Waals surface area (Å²) in [6, 6.07) is 16.6. The van der Waals surface area contributed by atoms with Crippen LogP contribution in [-0.2, 0) is 11.3 Å². The first-order chi connectivity index (χ1) is 13.7. The van der Waals surface area contributed by atoms with Crippen molar-refractivity contribution in [3.05, 3.63) is 70.7 Å². The number of hydrogen-bond donors (Lipinski definition) is 2. The van der Waals surface area contributed by atoms with E-state index in [2.05, 4.69) is 22.1 Å². The lowest BCUT2D eigenvalue weighted by Crippen LogP contribution is -2.23. The maximum Gasteiger partial charge on any atom is 0.255 e. The number of amides is 1. The molecule has 6 nitrogen and oxygen atoms in total. The molecule has 7 heteroatoms. The quantitative estimate of drug-likeness (QED) is 0.627. The molecular weight excluding hydrogens is 374 g/mol. The summed E-state index contributed by atoms with van der Waals surface area (Å²) < 4.78 is 10.6. The number of rotatable bonds is 6. The second kappa shape index (κ2) is 9.55. The van der Waals surface area contributed by atoms with E-state index in [1.165, 1.54) is 11.3 Å². The average Bonchev–Trinajstić information content (AvgIpc) is 3.14. The molecule has 2 heterocycles. The fourth-order valence-electron chi connectivity index (χ4n) is 2.31. The van der Waals surface area contributed by atoms with Gasteiger partial charge in [-0.1, -0.05) is 24.1 Å². The lowest BCUT2D eigenvalue weighted by Gasteiger charge is -2.06. The van der Waals surface area contributed by atoms with Gasteiger partial charge in [-0.05, 0) is 42.3 Å². The van der Waals surface area contributed by atoms with E-state index in [4.69, 9.17) is 15.2 Å². The van der Waals surface area contributed by atoms with Gasteiger partial charge >= 0.3 is 0 Å². The molecule has 2 aromatic heterocycles. The number of benzene rings is 1. The molecule has 0 aliphatic rings. The van der Waals surface area contributed by atoms with Crippen LogP contribution < -0.4 is 15.8 Å². The maximum absolute atomic E-state index is 12.4. The van der Waals surface area contributed by atoms with E-state index in [-0.39, 0.29) is 11.7 Å². The lowest BCUT2D eigenvalue weighted by molar-refractivity contribution is 0.0952. The van der Waals surface area contributed by atoms with Crippen LogP contribution in [-0.4, -0.2) is 24.6 Å². The highest BCUT2D eigenvalue weighted by Crippen LogP contribution is 2.29. The van der Waals surface area contributed by atoms with Crippen molar-refractivity contribution in [1.29, 1.82) is 0 Å². The third kappa shape index (κ3) is 5.33. The van der Waals surface area contributed by atoms with Crippen molar-refractivity contribution in [2.75, 3.05) is 19.5 Å². The first-order valence-corrected chi connectivity index (χ1v) is 9.31. The number of nitrogens with two attached hydrogens (primary N) is 1. The molecule has 0 spiro atoms. The van der Waals surface area contributed by atoms with Gasteiger partial charge < -0.3 is 20.5 Å². The number of pyridine rings is 1. The third-order valence-corrected chi connectivity index (χ3v) is 4.59. The number of anilines is 1. The number of nitrogens with one attached hydrogen (secondary N) is 1. The highest BCUT2D eigenvalue weighted by molar-refractivity contribution is 7.13. The molecule has 0 radical (unpaired) electrons. The predicted octanol–water partition coefficient (Wildman–Crippen LogP) is 3.45. The Labute approximate surface area is 167 Å². The Morgan fingerprint density at radius 2 is 2.00 bits per heavy atom. The van der Waals surface area contributed by atoms with Gasteiger partial charge in [0.15, 0.2) is 5.06 Å². The summed E-state index contributed by atoms with van der Waals surface area (Å²) in [5, 5.41) is 3.60. The largest absolute Gasteiger partial charge is 0.447 e. The number of nitrogens with zero attached hydrogens (tertiary/aromatic N) is 1. The molecule has 0 aliphatic heterocycles.